The molecule has 2 heterocycles. The fourth-order valence-corrected chi connectivity index (χ4v) is 2.59. The Balaban J connectivity index is 1.95. The first-order valence-electron chi connectivity index (χ1n) is 6.83. The van der Waals surface area contributed by atoms with Crippen LogP contribution in [-0.2, 0) is 0 Å². The lowest BCUT2D eigenvalue weighted by Crippen LogP contribution is -2.35. The predicted octanol–water partition coefficient (Wildman–Crippen LogP) is 2.43. The lowest BCUT2D eigenvalue weighted by molar-refractivity contribution is 0.111. The fourth-order valence-electron chi connectivity index (χ4n) is 2.59. The zero-order chi connectivity index (χ0) is 14.1. The minimum absolute atomic E-state index is 0.0366. The Morgan fingerprint density at radius 2 is 2.15 bits per heavy atom. The number of hydrogen-bond acceptors (Lipinski definition) is 4. The monoisotopic (exact) mass is 275 g/mol. The van der Waals surface area contributed by atoms with E-state index in [2.05, 4.69) is 16.9 Å². The number of aromatic nitrogens is 1. The van der Waals surface area contributed by atoms with E-state index in [1.54, 1.807) is 12.3 Å². The molecular weight excluding hydrogens is 257 g/mol. The molecule has 1 aromatic carbocycles. The van der Waals surface area contributed by atoms with Gasteiger partial charge in [-0.25, -0.2) is 4.39 Å². The summed E-state index contributed by atoms with van der Waals surface area (Å²) in [5.41, 5.74) is 6.73. The standard InChI is InChI=1S/C15H18FN3O/c1-19-7-4-10(5-8-19)20-15-12(16)9-13(17)11-3-2-6-18-14(11)15/h2-3,6,9-10H,4-5,7-8,17H2,1H3. The molecule has 20 heavy (non-hydrogen) atoms. The van der Waals surface area contributed by atoms with Crippen LogP contribution in [0.25, 0.3) is 10.9 Å². The lowest BCUT2D eigenvalue weighted by atomic mass is 10.1. The summed E-state index contributed by atoms with van der Waals surface area (Å²) in [6.45, 7) is 1.93. The second kappa shape index (κ2) is 5.25. The zero-order valence-electron chi connectivity index (χ0n) is 11.5. The van der Waals surface area contributed by atoms with Gasteiger partial charge in [-0.1, -0.05) is 0 Å². The fraction of sp³-hybridized carbons (Fsp3) is 0.400. The molecule has 3 rings (SSSR count). The van der Waals surface area contributed by atoms with Gasteiger partial charge < -0.3 is 15.4 Å². The lowest BCUT2D eigenvalue weighted by Gasteiger charge is -2.29. The smallest absolute Gasteiger partial charge is 0.181 e. The molecule has 1 saturated heterocycles. The summed E-state index contributed by atoms with van der Waals surface area (Å²) < 4.78 is 20.0. The Bertz CT molecular complexity index is 624. The number of piperidine rings is 1. The van der Waals surface area contributed by atoms with Gasteiger partial charge in [0.15, 0.2) is 11.6 Å². The molecule has 4 nitrogen and oxygen atoms in total. The Morgan fingerprint density at radius 3 is 2.90 bits per heavy atom. The molecule has 0 bridgehead atoms. The van der Waals surface area contributed by atoms with E-state index in [-0.39, 0.29) is 11.9 Å². The molecule has 0 radical (unpaired) electrons. The Labute approximate surface area is 117 Å². The van der Waals surface area contributed by atoms with Gasteiger partial charge >= 0.3 is 0 Å². The highest BCUT2D eigenvalue weighted by Gasteiger charge is 2.21. The molecule has 2 aromatic rings. The Morgan fingerprint density at radius 1 is 1.40 bits per heavy atom. The van der Waals surface area contributed by atoms with Crippen LogP contribution in [0.15, 0.2) is 24.4 Å². The van der Waals surface area contributed by atoms with E-state index in [1.807, 2.05) is 6.07 Å². The molecule has 1 aliphatic rings. The van der Waals surface area contributed by atoms with Crippen LogP contribution in [0.2, 0.25) is 0 Å². The topological polar surface area (TPSA) is 51.4 Å². The van der Waals surface area contributed by atoms with Gasteiger partial charge in [0, 0.05) is 36.4 Å². The molecule has 1 fully saturated rings. The van der Waals surface area contributed by atoms with Crippen molar-refractivity contribution in [1.29, 1.82) is 0 Å². The maximum absolute atomic E-state index is 14.2. The van der Waals surface area contributed by atoms with E-state index in [4.69, 9.17) is 10.5 Å². The molecule has 1 aliphatic heterocycles. The van der Waals surface area contributed by atoms with E-state index in [1.165, 1.54) is 6.07 Å². The number of pyridine rings is 1. The van der Waals surface area contributed by atoms with Crippen LogP contribution in [0.3, 0.4) is 0 Å². The minimum atomic E-state index is -0.437. The molecule has 2 N–H and O–H groups in total. The normalized spacial score (nSPS) is 17.5. The van der Waals surface area contributed by atoms with Crippen LogP contribution >= 0.6 is 0 Å². The number of anilines is 1. The molecule has 0 atom stereocenters. The van der Waals surface area contributed by atoms with Gasteiger partial charge in [0.1, 0.15) is 11.6 Å². The van der Waals surface area contributed by atoms with Crippen molar-refractivity contribution in [2.75, 3.05) is 25.9 Å². The Hall–Kier alpha value is -1.88. The van der Waals surface area contributed by atoms with Crippen LogP contribution in [-0.4, -0.2) is 36.1 Å². The maximum Gasteiger partial charge on any atom is 0.181 e. The summed E-state index contributed by atoms with van der Waals surface area (Å²) in [6, 6.07) is 4.93. The first kappa shape index (κ1) is 13.1. The molecule has 106 valence electrons. The van der Waals surface area contributed by atoms with Gasteiger partial charge in [0.05, 0.1) is 0 Å². The van der Waals surface area contributed by atoms with Crippen molar-refractivity contribution in [3.63, 3.8) is 0 Å². The third-order valence-electron chi connectivity index (χ3n) is 3.78. The minimum Gasteiger partial charge on any atom is -0.485 e. The third-order valence-corrected chi connectivity index (χ3v) is 3.78. The van der Waals surface area contributed by atoms with Gasteiger partial charge in [-0.15, -0.1) is 0 Å². The second-order valence-corrected chi connectivity index (χ2v) is 5.30. The number of rotatable bonds is 2. The highest BCUT2D eigenvalue weighted by Crippen LogP contribution is 2.33. The molecule has 0 unspecified atom stereocenters. The zero-order valence-corrected chi connectivity index (χ0v) is 11.5. The van der Waals surface area contributed by atoms with Gasteiger partial charge in [0.25, 0.3) is 0 Å². The predicted molar refractivity (Wildman–Crippen MR) is 77.3 cm³/mol. The van der Waals surface area contributed by atoms with Gasteiger partial charge in [0.2, 0.25) is 0 Å². The Kier molecular flexibility index (Phi) is 3.44. The summed E-state index contributed by atoms with van der Waals surface area (Å²) in [7, 11) is 2.08. The van der Waals surface area contributed by atoms with E-state index < -0.39 is 5.82 Å². The molecule has 5 heteroatoms. The molecule has 0 saturated carbocycles. The first-order chi connectivity index (χ1) is 9.65. The number of ether oxygens (including phenoxy) is 1. The van der Waals surface area contributed by atoms with Crippen molar-refractivity contribution in [2.24, 2.45) is 0 Å². The SMILES string of the molecule is CN1CCC(Oc2c(F)cc(N)c3cccnc23)CC1. The summed E-state index contributed by atoms with van der Waals surface area (Å²) in [5.74, 6) is -0.211. The summed E-state index contributed by atoms with van der Waals surface area (Å²) in [4.78, 5) is 6.47. The van der Waals surface area contributed by atoms with Crippen molar-refractivity contribution < 1.29 is 9.13 Å². The summed E-state index contributed by atoms with van der Waals surface area (Å²) in [5, 5.41) is 0.733. The van der Waals surface area contributed by atoms with Crippen molar-refractivity contribution in [3.05, 3.63) is 30.2 Å². The number of nitrogen functional groups attached to an aromatic ring is 1. The van der Waals surface area contributed by atoms with E-state index >= 15 is 0 Å². The maximum atomic E-state index is 14.2. The number of nitrogens with zero attached hydrogens (tertiary/aromatic N) is 2. The van der Waals surface area contributed by atoms with E-state index in [9.17, 15) is 4.39 Å². The van der Waals surface area contributed by atoms with Gasteiger partial charge in [-0.2, -0.15) is 0 Å². The summed E-state index contributed by atoms with van der Waals surface area (Å²) in [6.07, 6.45) is 3.46. The average Bonchev–Trinajstić information content (AvgIpc) is 2.45. The number of likely N-dealkylation sites (tertiary alicyclic amines) is 1. The largest absolute Gasteiger partial charge is 0.485 e. The molecule has 0 spiro atoms. The van der Waals surface area contributed by atoms with Crippen molar-refractivity contribution in [2.45, 2.75) is 18.9 Å². The highest BCUT2D eigenvalue weighted by molar-refractivity contribution is 5.94. The molecular formula is C15H18FN3O. The highest BCUT2D eigenvalue weighted by atomic mass is 19.1. The van der Waals surface area contributed by atoms with Crippen molar-refractivity contribution in [1.82, 2.24) is 9.88 Å². The average molecular weight is 275 g/mol. The second-order valence-electron chi connectivity index (χ2n) is 5.30. The van der Waals surface area contributed by atoms with Crippen LogP contribution in [0, 0.1) is 5.82 Å². The number of halogens is 1. The first-order valence-corrected chi connectivity index (χ1v) is 6.83. The number of benzene rings is 1. The van der Waals surface area contributed by atoms with E-state index in [0.29, 0.717) is 11.2 Å². The van der Waals surface area contributed by atoms with Gasteiger partial charge in [-0.05, 0) is 32.0 Å². The summed E-state index contributed by atoms with van der Waals surface area (Å²) >= 11 is 0. The van der Waals surface area contributed by atoms with Crippen molar-refractivity contribution >= 4 is 16.6 Å². The van der Waals surface area contributed by atoms with Crippen molar-refractivity contribution in [3.8, 4) is 5.75 Å². The third kappa shape index (κ3) is 2.41. The van der Waals surface area contributed by atoms with Crippen LogP contribution < -0.4 is 10.5 Å². The molecule has 1 aromatic heterocycles. The number of fused-ring (bicyclic) bond motifs is 1. The quantitative estimate of drug-likeness (QED) is 0.855. The van der Waals surface area contributed by atoms with Crippen LogP contribution in [0.5, 0.6) is 5.75 Å². The number of nitrogens with two attached hydrogens (primary N) is 1. The molecule has 0 aliphatic carbocycles. The van der Waals surface area contributed by atoms with Crippen LogP contribution in [0.1, 0.15) is 12.8 Å². The van der Waals surface area contributed by atoms with E-state index in [0.717, 1.165) is 31.3 Å². The molecule has 0 amide bonds. The van der Waals surface area contributed by atoms with Gasteiger partial charge in [-0.3, -0.25) is 4.98 Å². The number of hydrogen-bond donors (Lipinski definition) is 1. The van der Waals surface area contributed by atoms with Crippen LogP contribution in [0.4, 0.5) is 10.1 Å².